The molecule has 120 valence electrons. The summed E-state index contributed by atoms with van der Waals surface area (Å²) in [5.74, 6) is 0.214. The molecule has 0 bridgehead atoms. The van der Waals surface area contributed by atoms with Crippen LogP contribution < -0.4 is 4.74 Å². The number of hydrogen-bond acceptors (Lipinski definition) is 4. The normalized spacial score (nSPS) is 13.5. The van der Waals surface area contributed by atoms with Crippen molar-refractivity contribution in [1.29, 1.82) is 0 Å². The second-order valence-corrected chi connectivity index (χ2v) is 5.50. The van der Waals surface area contributed by atoms with Gasteiger partial charge in [0.05, 0.1) is 17.4 Å². The van der Waals surface area contributed by atoms with Crippen LogP contribution in [0.25, 0.3) is 11.3 Å². The number of benzene rings is 1. The number of aromatic amines is 1. The van der Waals surface area contributed by atoms with E-state index in [0.717, 1.165) is 0 Å². The molecule has 0 aliphatic carbocycles. The van der Waals surface area contributed by atoms with E-state index < -0.39 is 12.4 Å². The molecule has 2 N–H and O–H groups in total. The third kappa shape index (κ3) is 3.13. The summed E-state index contributed by atoms with van der Waals surface area (Å²) in [4.78, 5) is 4.36. The molecular weight excluding hydrogens is 331 g/mol. The first-order valence-electron chi connectivity index (χ1n) is 6.99. The Bertz CT molecular complexity index is 843. The minimum absolute atomic E-state index is 0.157. The number of nitrogens with zero attached hydrogens (tertiary/aromatic N) is 2. The highest BCUT2D eigenvalue weighted by atomic mass is 35.5. The van der Waals surface area contributed by atoms with Crippen molar-refractivity contribution in [2.24, 2.45) is 0 Å². The average molecular weight is 344 g/mol. The lowest BCUT2D eigenvalue weighted by molar-refractivity contribution is 0.166. The molecule has 24 heavy (non-hydrogen) atoms. The van der Waals surface area contributed by atoms with Crippen molar-refractivity contribution in [2.75, 3.05) is 6.86 Å². The standard InChI is InChI=1S/C16H12BClFN3O2/c17-16(23,11-7-20-21-8-11)14-5-4-13(24-9-19)15(22-14)10-2-1-3-12(18)6-10/h1-8,23H,9H2,(H,20,21). The maximum Gasteiger partial charge on any atom is 0.228 e. The number of pyridine rings is 1. The van der Waals surface area contributed by atoms with Crippen LogP contribution in [0, 0.1) is 0 Å². The summed E-state index contributed by atoms with van der Waals surface area (Å²) in [6.07, 6.45) is 2.86. The van der Waals surface area contributed by atoms with E-state index in [1.165, 1.54) is 24.5 Å². The van der Waals surface area contributed by atoms with Crippen LogP contribution in [0.4, 0.5) is 4.39 Å². The summed E-state index contributed by atoms with van der Waals surface area (Å²) in [6.45, 7) is -1.01. The lowest BCUT2D eigenvalue weighted by atomic mass is 9.74. The molecule has 8 heteroatoms. The fourth-order valence-corrected chi connectivity index (χ4v) is 2.47. The smallest absolute Gasteiger partial charge is 0.228 e. The van der Waals surface area contributed by atoms with E-state index in [-0.39, 0.29) is 11.4 Å². The molecule has 0 aliphatic heterocycles. The highest BCUT2D eigenvalue weighted by molar-refractivity contribution is 6.30. The molecule has 2 heterocycles. The first-order valence-corrected chi connectivity index (χ1v) is 7.37. The lowest BCUT2D eigenvalue weighted by Gasteiger charge is -2.23. The minimum Gasteiger partial charge on any atom is -0.461 e. The Labute approximate surface area is 143 Å². The molecule has 0 saturated heterocycles. The Balaban J connectivity index is 2.13. The number of ether oxygens (including phenoxy) is 1. The summed E-state index contributed by atoms with van der Waals surface area (Å²) in [5, 5.41) is 17.4. The number of alkyl halides is 1. The van der Waals surface area contributed by atoms with E-state index in [9.17, 15) is 9.50 Å². The molecule has 5 nitrogen and oxygen atoms in total. The van der Waals surface area contributed by atoms with E-state index in [1.807, 2.05) is 0 Å². The molecule has 0 fully saturated rings. The highest BCUT2D eigenvalue weighted by Gasteiger charge is 2.28. The third-order valence-corrected chi connectivity index (χ3v) is 3.73. The highest BCUT2D eigenvalue weighted by Crippen LogP contribution is 2.33. The number of aliphatic hydroxyl groups is 1. The van der Waals surface area contributed by atoms with Gasteiger partial charge >= 0.3 is 0 Å². The zero-order valence-electron chi connectivity index (χ0n) is 12.4. The number of aromatic nitrogens is 3. The second-order valence-electron chi connectivity index (χ2n) is 5.06. The van der Waals surface area contributed by atoms with Crippen molar-refractivity contribution in [2.45, 2.75) is 5.50 Å². The Morgan fingerprint density at radius 2 is 2.17 bits per heavy atom. The molecule has 1 unspecified atom stereocenters. The average Bonchev–Trinajstić information content (AvgIpc) is 3.10. The van der Waals surface area contributed by atoms with Gasteiger partial charge in [-0.15, -0.1) is 0 Å². The fraction of sp³-hybridized carbons (Fsp3) is 0.125. The molecule has 3 rings (SSSR count). The topological polar surface area (TPSA) is 71.0 Å². The molecule has 3 aromatic rings. The summed E-state index contributed by atoms with van der Waals surface area (Å²) in [5.41, 5.74) is -0.443. The second kappa shape index (κ2) is 6.63. The van der Waals surface area contributed by atoms with Crippen molar-refractivity contribution in [3.8, 4) is 17.0 Å². The van der Waals surface area contributed by atoms with Gasteiger partial charge in [0.1, 0.15) is 19.3 Å². The molecule has 2 radical (unpaired) electrons. The minimum atomic E-state index is -1.87. The predicted octanol–water partition coefficient (Wildman–Crippen LogP) is 2.79. The summed E-state index contributed by atoms with van der Waals surface area (Å²) in [6, 6.07) is 9.80. The number of halogens is 2. The van der Waals surface area contributed by atoms with Gasteiger partial charge in [-0.2, -0.15) is 5.10 Å². The van der Waals surface area contributed by atoms with Crippen molar-refractivity contribution < 1.29 is 14.2 Å². The number of rotatable bonds is 5. The monoisotopic (exact) mass is 343 g/mol. The number of H-pyrrole nitrogens is 1. The molecule has 0 amide bonds. The molecule has 1 atom stereocenters. The lowest BCUT2D eigenvalue weighted by Crippen LogP contribution is -2.28. The molecular formula is C16H12BClFN3O2. The maximum atomic E-state index is 12.6. The third-order valence-electron chi connectivity index (χ3n) is 3.50. The van der Waals surface area contributed by atoms with Crippen LogP contribution in [0.3, 0.4) is 0 Å². The molecule has 0 saturated carbocycles. The summed E-state index contributed by atoms with van der Waals surface area (Å²) in [7, 11) is 6.00. The van der Waals surface area contributed by atoms with Crippen molar-refractivity contribution in [3.63, 3.8) is 0 Å². The van der Waals surface area contributed by atoms with Gasteiger partial charge in [-0.3, -0.25) is 5.10 Å². The van der Waals surface area contributed by atoms with Crippen LogP contribution in [0.15, 0.2) is 48.8 Å². The zero-order chi connectivity index (χ0) is 17.2. The van der Waals surface area contributed by atoms with Crippen LogP contribution in [0.5, 0.6) is 5.75 Å². The van der Waals surface area contributed by atoms with Gasteiger partial charge in [0, 0.05) is 22.3 Å². The van der Waals surface area contributed by atoms with Crippen LogP contribution in [0.1, 0.15) is 11.3 Å². The summed E-state index contributed by atoms with van der Waals surface area (Å²) >= 11 is 6.01. The first-order chi connectivity index (χ1) is 11.5. The number of hydrogen-bond donors (Lipinski definition) is 2. The van der Waals surface area contributed by atoms with Gasteiger partial charge in [0.2, 0.25) is 6.86 Å². The Morgan fingerprint density at radius 3 is 2.83 bits per heavy atom. The Hall–Kier alpha value is -2.38. The molecule has 2 aromatic heterocycles. The fourth-order valence-electron chi connectivity index (χ4n) is 2.28. The van der Waals surface area contributed by atoms with Crippen LogP contribution in [-0.2, 0) is 5.50 Å². The quantitative estimate of drug-likeness (QED) is 0.699. The molecule has 0 aliphatic rings. The van der Waals surface area contributed by atoms with E-state index in [0.29, 0.717) is 21.8 Å². The predicted molar refractivity (Wildman–Crippen MR) is 88.6 cm³/mol. The van der Waals surface area contributed by atoms with E-state index in [2.05, 4.69) is 15.2 Å². The van der Waals surface area contributed by atoms with Crippen molar-refractivity contribution in [3.05, 3.63) is 65.1 Å². The Morgan fingerprint density at radius 1 is 1.33 bits per heavy atom. The number of nitrogens with one attached hydrogen (secondary N) is 1. The first kappa shape index (κ1) is 16.5. The van der Waals surface area contributed by atoms with Crippen molar-refractivity contribution in [1.82, 2.24) is 15.2 Å². The van der Waals surface area contributed by atoms with Gasteiger partial charge < -0.3 is 9.84 Å². The summed E-state index contributed by atoms with van der Waals surface area (Å²) < 4.78 is 17.6. The van der Waals surface area contributed by atoms with Gasteiger partial charge in [0.25, 0.3) is 0 Å². The van der Waals surface area contributed by atoms with Gasteiger partial charge in [-0.05, 0) is 24.3 Å². The van der Waals surface area contributed by atoms with Crippen LogP contribution in [-0.4, -0.2) is 35.0 Å². The molecule has 0 spiro atoms. The zero-order valence-corrected chi connectivity index (χ0v) is 13.2. The maximum absolute atomic E-state index is 12.6. The van der Waals surface area contributed by atoms with Crippen molar-refractivity contribution >= 4 is 19.4 Å². The van der Waals surface area contributed by atoms with Gasteiger partial charge in [-0.25, -0.2) is 9.37 Å². The van der Waals surface area contributed by atoms with E-state index >= 15 is 0 Å². The van der Waals surface area contributed by atoms with Gasteiger partial charge in [-0.1, -0.05) is 23.7 Å². The van der Waals surface area contributed by atoms with E-state index in [4.69, 9.17) is 24.2 Å². The largest absolute Gasteiger partial charge is 0.461 e. The Kier molecular flexibility index (Phi) is 4.55. The van der Waals surface area contributed by atoms with Crippen LogP contribution in [0.2, 0.25) is 5.02 Å². The van der Waals surface area contributed by atoms with Gasteiger partial charge in [0.15, 0.2) is 0 Å². The van der Waals surface area contributed by atoms with Crippen LogP contribution >= 0.6 is 11.6 Å². The SMILES string of the molecule is [B]C(O)(c1cn[nH]c1)c1ccc(OCF)c(-c2cccc(Cl)c2)n1. The van der Waals surface area contributed by atoms with E-state index in [1.54, 1.807) is 24.3 Å². The molecule has 1 aromatic carbocycles.